The number of carboxylic acid groups (broad SMARTS) is 1. The molecule has 0 unspecified atom stereocenters. The molecule has 1 heterocycles. The lowest BCUT2D eigenvalue weighted by molar-refractivity contribution is -0.142. The Hall–Kier alpha value is -1.10. The molecule has 1 aliphatic rings. The molecule has 0 saturated carbocycles. The molecule has 0 aliphatic carbocycles. The standard InChI is InChI=1S/C10H18N2O3/c1-8(2)12-5-3-9(4-6-12)11-15-7-10(13)14/h8H,3-7H2,1-2H3,(H,13,14). The fraction of sp³-hybridized carbons (Fsp3) is 0.800. The average molecular weight is 214 g/mol. The fourth-order valence-corrected chi connectivity index (χ4v) is 1.57. The highest BCUT2D eigenvalue weighted by molar-refractivity contribution is 5.85. The lowest BCUT2D eigenvalue weighted by Crippen LogP contribution is -2.38. The lowest BCUT2D eigenvalue weighted by atomic mass is 10.1. The van der Waals surface area contributed by atoms with E-state index in [-0.39, 0.29) is 6.61 Å². The summed E-state index contributed by atoms with van der Waals surface area (Å²) in [5.74, 6) is -0.987. The van der Waals surface area contributed by atoms with Crippen LogP contribution in [0.4, 0.5) is 0 Å². The van der Waals surface area contributed by atoms with Crippen molar-refractivity contribution in [1.29, 1.82) is 0 Å². The monoisotopic (exact) mass is 214 g/mol. The Bertz CT molecular complexity index is 241. The van der Waals surface area contributed by atoms with Gasteiger partial charge in [0.05, 0.1) is 5.71 Å². The van der Waals surface area contributed by atoms with Gasteiger partial charge in [-0.1, -0.05) is 5.16 Å². The molecule has 0 spiro atoms. The summed E-state index contributed by atoms with van der Waals surface area (Å²) < 4.78 is 0. The highest BCUT2D eigenvalue weighted by Gasteiger charge is 2.17. The molecular weight excluding hydrogens is 196 g/mol. The molecule has 1 N–H and O–H groups in total. The summed E-state index contributed by atoms with van der Waals surface area (Å²) >= 11 is 0. The number of carboxylic acids is 1. The van der Waals surface area contributed by atoms with Gasteiger partial charge in [0.25, 0.3) is 0 Å². The molecule has 1 fully saturated rings. The maximum atomic E-state index is 10.2. The van der Waals surface area contributed by atoms with Gasteiger partial charge in [-0.3, -0.25) is 0 Å². The van der Waals surface area contributed by atoms with E-state index in [1.807, 2.05) is 0 Å². The molecule has 5 heteroatoms. The molecule has 0 atom stereocenters. The Morgan fingerprint density at radius 1 is 1.53 bits per heavy atom. The van der Waals surface area contributed by atoms with E-state index in [9.17, 15) is 4.79 Å². The van der Waals surface area contributed by atoms with Gasteiger partial charge in [0.1, 0.15) is 0 Å². The van der Waals surface area contributed by atoms with Gasteiger partial charge in [-0.25, -0.2) is 4.79 Å². The minimum Gasteiger partial charge on any atom is -0.479 e. The zero-order valence-electron chi connectivity index (χ0n) is 9.27. The SMILES string of the molecule is CC(C)N1CCC(=NOCC(=O)O)CC1. The van der Waals surface area contributed by atoms with Crippen LogP contribution in [-0.4, -0.2) is 47.4 Å². The highest BCUT2D eigenvalue weighted by Crippen LogP contribution is 2.10. The first-order valence-corrected chi connectivity index (χ1v) is 5.23. The van der Waals surface area contributed by atoms with Gasteiger partial charge in [0, 0.05) is 32.0 Å². The number of likely N-dealkylation sites (tertiary alicyclic amines) is 1. The summed E-state index contributed by atoms with van der Waals surface area (Å²) in [5.41, 5.74) is 0.966. The predicted molar refractivity (Wildman–Crippen MR) is 57.0 cm³/mol. The second-order valence-corrected chi connectivity index (χ2v) is 3.95. The van der Waals surface area contributed by atoms with Gasteiger partial charge < -0.3 is 14.8 Å². The molecule has 5 nitrogen and oxygen atoms in total. The highest BCUT2D eigenvalue weighted by atomic mass is 16.6. The van der Waals surface area contributed by atoms with Crippen molar-refractivity contribution in [2.75, 3.05) is 19.7 Å². The first-order valence-electron chi connectivity index (χ1n) is 5.23. The second-order valence-electron chi connectivity index (χ2n) is 3.95. The Morgan fingerprint density at radius 2 is 2.13 bits per heavy atom. The zero-order chi connectivity index (χ0) is 11.3. The van der Waals surface area contributed by atoms with Gasteiger partial charge in [0.15, 0.2) is 0 Å². The van der Waals surface area contributed by atoms with Crippen LogP contribution < -0.4 is 0 Å². The first kappa shape index (κ1) is 12.0. The lowest BCUT2D eigenvalue weighted by Gasteiger charge is -2.30. The topological polar surface area (TPSA) is 62.1 Å². The van der Waals surface area contributed by atoms with E-state index in [2.05, 4.69) is 23.9 Å². The Labute approximate surface area is 89.7 Å². The molecule has 86 valence electrons. The van der Waals surface area contributed by atoms with Crippen LogP contribution >= 0.6 is 0 Å². The van der Waals surface area contributed by atoms with E-state index in [1.165, 1.54) is 0 Å². The van der Waals surface area contributed by atoms with Crippen LogP contribution in [0.5, 0.6) is 0 Å². The van der Waals surface area contributed by atoms with Crippen molar-refractivity contribution in [3.63, 3.8) is 0 Å². The number of carbonyl (C=O) groups is 1. The van der Waals surface area contributed by atoms with E-state index in [1.54, 1.807) is 0 Å². The van der Waals surface area contributed by atoms with Gasteiger partial charge >= 0.3 is 5.97 Å². The molecular formula is C10H18N2O3. The van der Waals surface area contributed by atoms with Crippen molar-refractivity contribution in [3.05, 3.63) is 0 Å². The van der Waals surface area contributed by atoms with Crippen LogP contribution in [0, 0.1) is 0 Å². The number of nitrogens with zero attached hydrogens (tertiary/aromatic N) is 2. The molecule has 0 amide bonds. The maximum Gasteiger partial charge on any atom is 0.344 e. The van der Waals surface area contributed by atoms with E-state index in [0.717, 1.165) is 31.6 Å². The third-order valence-corrected chi connectivity index (χ3v) is 2.49. The fourth-order valence-electron chi connectivity index (χ4n) is 1.57. The molecule has 1 rings (SSSR count). The number of aliphatic carboxylic acids is 1. The maximum absolute atomic E-state index is 10.2. The van der Waals surface area contributed by atoms with Crippen LogP contribution in [0.2, 0.25) is 0 Å². The molecule has 1 aliphatic heterocycles. The van der Waals surface area contributed by atoms with Crippen LogP contribution in [0.25, 0.3) is 0 Å². The summed E-state index contributed by atoms with van der Waals surface area (Å²) in [6.45, 7) is 5.95. The Kier molecular flexibility index (Phi) is 4.55. The zero-order valence-corrected chi connectivity index (χ0v) is 9.27. The first-order chi connectivity index (χ1) is 7.09. The quantitative estimate of drug-likeness (QED) is 0.708. The van der Waals surface area contributed by atoms with E-state index in [0.29, 0.717) is 6.04 Å². The third kappa shape index (κ3) is 4.29. The third-order valence-electron chi connectivity index (χ3n) is 2.49. The summed E-state index contributed by atoms with van der Waals surface area (Å²) in [5, 5.41) is 12.2. The van der Waals surface area contributed by atoms with Crippen molar-refractivity contribution in [3.8, 4) is 0 Å². The summed E-state index contributed by atoms with van der Waals surface area (Å²) in [7, 11) is 0. The van der Waals surface area contributed by atoms with Crippen LogP contribution in [-0.2, 0) is 9.63 Å². The van der Waals surface area contributed by atoms with Crippen molar-refractivity contribution in [1.82, 2.24) is 4.90 Å². The molecule has 15 heavy (non-hydrogen) atoms. The minimum absolute atomic E-state index is 0.350. The molecule has 1 saturated heterocycles. The predicted octanol–water partition coefficient (Wildman–Crippen LogP) is 0.948. The van der Waals surface area contributed by atoms with Crippen LogP contribution in [0.3, 0.4) is 0 Å². The number of hydrogen-bond acceptors (Lipinski definition) is 4. The molecule has 0 bridgehead atoms. The smallest absolute Gasteiger partial charge is 0.344 e. The summed E-state index contributed by atoms with van der Waals surface area (Å²) in [6, 6.07) is 0.562. The van der Waals surface area contributed by atoms with E-state index < -0.39 is 5.97 Å². The van der Waals surface area contributed by atoms with Crippen LogP contribution in [0.15, 0.2) is 5.16 Å². The molecule has 0 aromatic rings. The van der Waals surface area contributed by atoms with Gasteiger partial charge in [-0.05, 0) is 13.8 Å². The normalized spacial score (nSPS) is 17.9. The summed E-state index contributed by atoms with van der Waals surface area (Å²) in [4.78, 5) is 17.3. The molecule has 0 radical (unpaired) electrons. The van der Waals surface area contributed by atoms with Gasteiger partial charge in [0.2, 0.25) is 6.61 Å². The summed E-state index contributed by atoms with van der Waals surface area (Å²) in [6.07, 6.45) is 1.75. The molecule has 0 aromatic heterocycles. The van der Waals surface area contributed by atoms with Crippen molar-refractivity contribution >= 4 is 11.7 Å². The Morgan fingerprint density at radius 3 is 2.60 bits per heavy atom. The van der Waals surface area contributed by atoms with Crippen LogP contribution in [0.1, 0.15) is 26.7 Å². The number of oxime groups is 1. The largest absolute Gasteiger partial charge is 0.479 e. The van der Waals surface area contributed by atoms with Gasteiger partial charge in [-0.2, -0.15) is 0 Å². The number of hydrogen-bond donors (Lipinski definition) is 1. The number of rotatable bonds is 4. The number of piperidine rings is 1. The van der Waals surface area contributed by atoms with E-state index in [4.69, 9.17) is 9.94 Å². The van der Waals surface area contributed by atoms with Crippen molar-refractivity contribution in [2.24, 2.45) is 5.16 Å². The molecule has 0 aromatic carbocycles. The second kappa shape index (κ2) is 5.70. The van der Waals surface area contributed by atoms with Crippen molar-refractivity contribution in [2.45, 2.75) is 32.7 Å². The van der Waals surface area contributed by atoms with Crippen molar-refractivity contribution < 1.29 is 14.7 Å². The Balaban J connectivity index is 2.27. The average Bonchev–Trinajstić information content (AvgIpc) is 2.18. The van der Waals surface area contributed by atoms with Gasteiger partial charge in [-0.15, -0.1) is 0 Å². The minimum atomic E-state index is -0.987. The van der Waals surface area contributed by atoms with E-state index >= 15 is 0 Å².